The number of nitrogens with one attached hydrogen (secondary N) is 1. The Balaban J connectivity index is 2.29. The van der Waals surface area contributed by atoms with E-state index >= 15 is 0 Å². The highest BCUT2D eigenvalue weighted by Gasteiger charge is 2.25. The molecule has 1 aliphatic rings. The first-order valence-corrected chi connectivity index (χ1v) is 4.30. The Hall–Kier alpha value is -1.10. The fourth-order valence-corrected chi connectivity index (χ4v) is 1.05. The van der Waals surface area contributed by atoms with E-state index in [1.54, 1.807) is 7.05 Å². The maximum absolute atomic E-state index is 11.1. The van der Waals surface area contributed by atoms with Gasteiger partial charge in [-0.05, 0) is 6.92 Å². The molecule has 0 spiro atoms. The first-order valence-electron chi connectivity index (χ1n) is 4.30. The van der Waals surface area contributed by atoms with Gasteiger partial charge in [0.25, 0.3) is 5.91 Å². The molecule has 0 fully saturated rings. The number of amides is 1. The Morgan fingerprint density at radius 1 is 1.85 bits per heavy atom. The zero-order valence-electron chi connectivity index (χ0n) is 7.87. The van der Waals surface area contributed by atoms with E-state index in [2.05, 4.69) is 10.5 Å². The van der Waals surface area contributed by atoms with Gasteiger partial charge in [-0.25, -0.2) is 0 Å². The van der Waals surface area contributed by atoms with E-state index < -0.39 is 0 Å². The number of hydrogen-bond acceptors (Lipinski definition) is 4. The number of oxime groups is 1. The molecule has 0 saturated heterocycles. The second kappa shape index (κ2) is 4.81. The molecule has 0 aliphatic carbocycles. The van der Waals surface area contributed by atoms with Crippen molar-refractivity contribution in [3.05, 3.63) is 0 Å². The third-order valence-electron chi connectivity index (χ3n) is 1.73. The summed E-state index contributed by atoms with van der Waals surface area (Å²) in [5.74, 6) is -0.181. The van der Waals surface area contributed by atoms with Crippen molar-refractivity contribution in [3.63, 3.8) is 0 Å². The predicted octanol–water partition coefficient (Wildman–Crippen LogP) is -0.0862. The zero-order chi connectivity index (χ0) is 9.68. The topological polar surface area (TPSA) is 59.9 Å². The predicted molar refractivity (Wildman–Crippen MR) is 47.5 cm³/mol. The molecule has 0 aromatic rings. The molecule has 1 atom stereocenters. The molecule has 1 aliphatic heterocycles. The van der Waals surface area contributed by atoms with Crippen molar-refractivity contribution in [2.24, 2.45) is 5.16 Å². The van der Waals surface area contributed by atoms with Crippen LogP contribution in [0.4, 0.5) is 0 Å². The van der Waals surface area contributed by atoms with Crippen molar-refractivity contribution < 1.29 is 14.4 Å². The Bertz CT molecular complexity index is 215. The minimum Gasteiger partial charge on any atom is -0.389 e. The Labute approximate surface area is 77.1 Å². The summed E-state index contributed by atoms with van der Waals surface area (Å²) in [6, 6.07) is 0. The van der Waals surface area contributed by atoms with Crippen LogP contribution in [0.5, 0.6) is 0 Å². The van der Waals surface area contributed by atoms with E-state index in [-0.39, 0.29) is 12.0 Å². The van der Waals surface area contributed by atoms with Crippen molar-refractivity contribution in [1.82, 2.24) is 5.32 Å². The molecule has 0 saturated carbocycles. The summed E-state index contributed by atoms with van der Waals surface area (Å²) in [5.41, 5.74) is 0.437. The van der Waals surface area contributed by atoms with E-state index in [0.717, 1.165) is 0 Å². The number of rotatable bonds is 4. The van der Waals surface area contributed by atoms with Crippen LogP contribution in [0.2, 0.25) is 0 Å². The number of carbonyl (C=O) groups excluding carboxylic acids is 1. The van der Waals surface area contributed by atoms with Crippen LogP contribution < -0.4 is 5.32 Å². The van der Waals surface area contributed by atoms with Crippen LogP contribution in [0.25, 0.3) is 0 Å². The molecular formula is C8H14N2O3. The summed E-state index contributed by atoms with van der Waals surface area (Å²) < 4.78 is 5.15. The number of carbonyl (C=O) groups is 1. The maximum Gasteiger partial charge on any atom is 0.268 e. The van der Waals surface area contributed by atoms with Crippen LogP contribution in [0.3, 0.4) is 0 Å². The van der Waals surface area contributed by atoms with Crippen LogP contribution in [0, 0.1) is 0 Å². The third kappa shape index (κ3) is 2.69. The average Bonchev–Trinajstić information content (AvgIpc) is 2.62. The second-order valence-electron chi connectivity index (χ2n) is 2.71. The van der Waals surface area contributed by atoms with Crippen LogP contribution in [0.15, 0.2) is 5.16 Å². The molecule has 1 rings (SSSR count). The van der Waals surface area contributed by atoms with Gasteiger partial charge in [-0.1, -0.05) is 5.16 Å². The van der Waals surface area contributed by atoms with Gasteiger partial charge in [-0.2, -0.15) is 0 Å². The average molecular weight is 186 g/mol. The Morgan fingerprint density at radius 3 is 3.23 bits per heavy atom. The molecule has 1 amide bonds. The molecule has 5 nitrogen and oxygen atoms in total. The highest BCUT2D eigenvalue weighted by atomic mass is 16.7. The van der Waals surface area contributed by atoms with Crippen LogP contribution in [0.1, 0.15) is 13.3 Å². The lowest BCUT2D eigenvalue weighted by molar-refractivity contribution is -0.114. The summed E-state index contributed by atoms with van der Waals surface area (Å²) in [5, 5.41) is 6.16. The molecule has 5 heteroatoms. The summed E-state index contributed by atoms with van der Waals surface area (Å²) in [7, 11) is 1.57. The SMILES string of the molecule is CCOCC1CC(C(=O)NC)=NO1. The van der Waals surface area contributed by atoms with Crippen LogP contribution in [-0.4, -0.2) is 38.0 Å². The fourth-order valence-electron chi connectivity index (χ4n) is 1.05. The summed E-state index contributed by atoms with van der Waals surface area (Å²) in [6.07, 6.45) is 0.423. The smallest absolute Gasteiger partial charge is 0.268 e. The lowest BCUT2D eigenvalue weighted by Gasteiger charge is -2.06. The summed E-state index contributed by atoms with van der Waals surface area (Å²) in [6.45, 7) is 3.05. The standard InChI is InChI=1S/C8H14N2O3/c1-3-12-5-6-4-7(10-13-6)8(11)9-2/h6H,3-5H2,1-2H3,(H,9,11). The molecular weight excluding hydrogens is 172 g/mol. The molecule has 1 N–H and O–H groups in total. The van der Waals surface area contributed by atoms with Gasteiger partial charge >= 0.3 is 0 Å². The van der Waals surface area contributed by atoms with Gasteiger partial charge in [0.05, 0.1) is 6.61 Å². The van der Waals surface area contributed by atoms with Crippen molar-refractivity contribution in [2.45, 2.75) is 19.4 Å². The van der Waals surface area contributed by atoms with E-state index in [9.17, 15) is 4.79 Å². The Kier molecular flexibility index (Phi) is 3.70. The molecule has 0 aromatic carbocycles. The lowest BCUT2D eigenvalue weighted by Crippen LogP contribution is -2.28. The third-order valence-corrected chi connectivity index (χ3v) is 1.73. The molecule has 74 valence electrons. The van der Waals surface area contributed by atoms with Gasteiger partial charge in [-0.3, -0.25) is 4.79 Å². The largest absolute Gasteiger partial charge is 0.389 e. The van der Waals surface area contributed by atoms with Crippen LogP contribution in [-0.2, 0) is 14.4 Å². The molecule has 0 aromatic heterocycles. The van der Waals surface area contributed by atoms with E-state index in [4.69, 9.17) is 9.57 Å². The van der Waals surface area contributed by atoms with Gasteiger partial charge in [0.2, 0.25) is 0 Å². The van der Waals surface area contributed by atoms with Gasteiger partial charge < -0.3 is 14.9 Å². The number of hydrogen-bond donors (Lipinski definition) is 1. The molecule has 1 heterocycles. The fraction of sp³-hybridized carbons (Fsp3) is 0.750. The van der Waals surface area contributed by atoms with Gasteiger partial charge in [-0.15, -0.1) is 0 Å². The van der Waals surface area contributed by atoms with Gasteiger partial charge in [0.15, 0.2) is 6.10 Å². The lowest BCUT2D eigenvalue weighted by atomic mass is 10.2. The first-order chi connectivity index (χ1) is 6.27. The highest BCUT2D eigenvalue weighted by Crippen LogP contribution is 2.10. The normalized spacial score (nSPS) is 20.8. The zero-order valence-corrected chi connectivity index (χ0v) is 7.87. The van der Waals surface area contributed by atoms with Crippen molar-refractivity contribution in [3.8, 4) is 0 Å². The van der Waals surface area contributed by atoms with Crippen molar-refractivity contribution in [1.29, 1.82) is 0 Å². The summed E-state index contributed by atoms with van der Waals surface area (Å²) >= 11 is 0. The molecule has 1 unspecified atom stereocenters. The van der Waals surface area contributed by atoms with Crippen molar-refractivity contribution in [2.75, 3.05) is 20.3 Å². The molecule has 13 heavy (non-hydrogen) atoms. The summed E-state index contributed by atoms with van der Waals surface area (Å²) in [4.78, 5) is 16.1. The minimum absolute atomic E-state index is 0.104. The second-order valence-corrected chi connectivity index (χ2v) is 2.71. The number of nitrogens with zero attached hydrogens (tertiary/aromatic N) is 1. The van der Waals surface area contributed by atoms with Gasteiger partial charge in [0.1, 0.15) is 5.71 Å². The van der Waals surface area contributed by atoms with Gasteiger partial charge in [0, 0.05) is 20.1 Å². The van der Waals surface area contributed by atoms with E-state index in [1.165, 1.54) is 0 Å². The van der Waals surface area contributed by atoms with E-state index in [1.807, 2.05) is 6.92 Å². The number of ether oxygens (including phenoxy) is 1. The minimum atomic E-state index is -0.181. The monoisotopic (exact) mass is 186 g/mol. The maximum atomic E-state index is 11.1. The molecule has 0 bridgehead atoms. The Morgan fingerprint density at radius 2 is 2.62 bits per heavy atom. The van der Waals surface area contributed by atoms with Crippen molar-refractivity contribution >= 4 is 11.6 Å². The molecule has 0 radical (unpaired) electrons. The quantitative estimate of drug-likeness (QED) is 0.667. The van der Waals surface area contributed by atoms with E-state index in [0.29, 0.717) is 25.3 Å². The highest BCUT2D eigenvalue weighted by molar-refractivity contribution is 6.39. The first kappa shape index (κ1) is 9.98. The van der Waals surface area contributed by atoms with Crippen LogP contribution >= 0.6 is 0 Å².